The SMILES string of the molecule is Cc1csc2ncc(C(=O)NCC3CCCO3)c(=O)n12. The second kappa shape index (κ2) is 5.34. The van der Waals surface area contributed by atoms with Crippen molar-refractivity contribution in [3.8, 4) is 0 Å². The third-order valence-electron chi connectivity index (χ3n) is 3.38. The Labute approximate surface area is 119 Å². The minimum Gasteiger partial charge on any atom is -0.376 e. The Morgan fingerprint density at radius 1 is 1.65 bits per heavy atom. The second-order valence-electron chi connectivity index (χ2n) is 4.82. The lowest BCUT2D eigenvalue weighted by molar-refractivity contribution is 0.0856. The summed E-state index contributed by atoms with van der Waals surface area (Å²) in [7, 11) is 0. The van der Waals surface area contributed by atoms with Crippen molar-refractivity contribution in [3.05, 3.63) is 33.2 Å². The maximum atomic E-state index is 12.3. The maximum absolute atomic E-state index is 12.3. The molecule has 0 aliphatic carbocycles. The van der Waals surface area contributed by atoms with Crippen molar-refractivity contribution < 1.29 is 9.53 Å². The standard InChI is InChI=1S/C13H15N3O3S/c1-8-7-20-13-15-6-10(12(18)16(8)13)11(17)14-5-9-3-2-4-19-9/h6-7,9H,2-5H2,1H3,(H,14,17). The summed E-state index contributed by atoms with van der Waals surface area (Å²) in [6, 6.07) is 0. The number of carbonyl (C=O) groups excluding carboxylic acids is 1. The molecule has 0 radical (unpaired) electrons. The van der Waals surface area contributed by atoms with Crippen LogP contribution in [0.5, 0.6) is 0 Å². The quantitative estimate of drug-likeness (QED) is 0.915. The minimum absolute atomic E-state index is 0.0567. The van der Waals surface area contributed by atoms with Crippen LogP contribution in [-0.2, 0) is 4.74 Å². The topological polar surface area (TPSA) is 72.7 Å². The normalized spacial score (nSPS) is 18.6. The van der Waals surface area contributed by atoms with E-state index < -0.39 is 5.91 Å². The van der Waals surface area contributed by atoms with Gasteiger partial charge < -0.3 is 10.1 Å². The van der Waals surface area contributed by atoms with Gasteiger partial charge in [0.1, 0.15) is 5.56 Å². The first-order valence-corrected chi connectivity index (χ1v) is 7.40. The lowest BCUT2D eigenvalue weighted by Crippen LogP contribution is -2.36. The van der Waals surface area contributed by atoms with Crippen LogP contribution in [0.2, 0.25) is 0 Å². The summed E-state index contributed by atoms with van der Waals surface area (Å²) in [6.45, 7) is 3.00. The summed E-state index contributed by atoms with van der Waals surface area (Å²) in [5.41, 5.74) is 0.539. The van der Waals surface area contributed by atoms with Crippen LogP contribution in [0.15, 0.2) is 16.4 Å². The molecule has 1 aliphatic heterocycles. The summed E-state index contributed by atoms with van der Waals surface area (Å²) >= 11 is 1.38. The molecule has 1 amide bonds. The van der Waals surface area contributed by atoms with E-state index in [1.807, 2.05) is 12.3 Å². The van der Waals surface area contributed by atoms with Crippen LogP contribution in [0.25, 0.3) is 4.96 Å². The number of thiazole rings is 1. The molecule has 2 aromatic heterocycles. The number of nitrogens with zero attached hydrogens (tertiary/aromatic N) is 2. The van der Waals surface area contributed by atoms with Gasteiger partial charge in [0, 0.05) is 30.4 Å². The Morgan fingerprint density at radius 3 is 3.25 bits per heavy atom. The fourth-order valence-electron chi connectivity index (χ4n) is 2.29. The molecule has 0 saturated carbocycles. The highest BCUT2D eigenvalue weighted by atomic mass is 32.1. The van der Waals surface area contributed by atoms with E-state index in [1.165, 1.54) is 21.9 Å². The van der Waals surface area contributed by atoms with E-state index in [2.05, 4.69) is 10.3 Å². The van der Waals surface area contributed by atoms with Crippen molar-refractivity contribution in [2.45, 2.75) is 25.9 Å². The first-order valence-electron chi connectivity index (χ1n) is 6.52. The van der Waals surface area contributed by atoms with E-state index in [9.17, 15) is 9.59 Å². The molecule has 1 saturated heterocycles. The van der Waals surface area contributed by atoms with Gasteiger partial charge in [-0.25, -0.2) is 4.98 Å². The highest BCUT2D eigenvalue weighted by Crippen LogP contribution is 2.12. The number of rotatable bonds is 3. The molecule has 7 heteroatoms. The van der Waals surface area contributed by atoms with Gasteiger partial charge in [0.25, 0.3) is 11.5 Å². The van der Waals surface area contributed by atoms with Crippen molar-refractivity contribution in [2.24, 2.45) is 0 Å². The molecule has 3 rings (SSSR count). The third kappa shape index (κ3) is 2.34. The van der Waals surface area contributed by atoms with Crippen molar-refractivity contribution in [1.82, 2.24) is 14.7 Å². The second-order valence-corrected chi connectivity index (χ2v) is 5.65. The summed E-state index contributed by atoms with van der Waals surface area (Å²) in [4.78, 5) is 29.1. The molecule has 0 aromatic carbocycles. The largest absolute Gasteiger partial charge is 0.376 e. The maximum Gasteiger partial charge on any atom is 0.271 e. The molecule has 0 spiro atoms. The Kier molecular flexibility index (Phi) is 3.54. The number of carbonyl (C=O) groups is 1. The predicted molar refractivity (Wildman–Crippen MR) is 75.4 cm³/mol. The van der Waals surface area contributed by atoms with E-state index in [1.54, 1.807) is 0 Å². The first kappa shape index (κ1) is 13.3. The number of ether oxygens (including phenoxy) is 1. The van der Waals surface area contributed by atoms with Crippen LogP contribution in [0, 0.1) is 6.92 Å². The van der Waals surface area contributed by atoms with Crippen LogP contribution < -0.4 is 10.9 Å². The van der Waals surface area contributed by atoms with Crippen LogP contribution in [0.1, 0.15) is 28.9 Å². The Hall–Kier alpha value is -1.73. The van der Waals surface area contributed by atoms with Gasteiger partial charge in [0.2, 0.25) is 0 Å². The van der Waals surface area contributed by atoms with Crippen molar-refractivity contribution in [1.29, 1.82) is 0 Å². The molecule has 1 aliphatic rings. The fourth-order valence-corrected chi connectivity index (χ4v) is 3.11. The third-order valence-corrected chi connectivity index (χ3v) is 4.33. The van der Waals surface area contributed by atoms with Crippen molar-refractivity contribution >= 4 is 22.2 Å². The van der Waals surface area contributed by atoms with Gasteiger partial charge in [0.05, 0.1) is 6.10 Å². The summed E-state index contributed by atoms with van der Waals surface area (Å²) in [6.07, 6.45) is 3.37. The average Bonchev–Trinajstić information content (AvgIpc) is 3.07. The number of amides is 1. The van der Waals surface area contributed by atoms with E-state index in [0.717, 1.165) is 25.1 Å². The zero-order chi connectivity index (χ0) is 14.1. The molecule has 0 bridgehead atoms. The molecular weight excluding hydrogens is 278 g/mol. The predicted octanol–water partition coefficient (Wildman–Crippen LogP) is 0.973. The summed E-state index contributed by atoms with van der Waals surface area (Å²) in [5, 5.41) is 4.59. The highest BCUT2D eigenvalue weighted by Gasteiger charge is 2.19. The summed E-state index contributed by atoms with van der Waals surface area (Å²) < 4.78 is 6.90. The molecule has 6 nitrogen and oxygen atoms in total. The molecule has 2 aromatic rings. The number of nitrogens with one attached hydrogen (secondary N) is 1. The Bertz CT molecular complexity index is 700. The molecule has 3 heterocycles. The van der Waals surface area contributed by atoms with Crippen LogP contribution in [0.3, 0.4) is 0 Å². The van der Waals surface area contributed by atoms with Gasteiger partial charge in [0.15, 0.2) is 4.96 Å². The monoisotopic (exact) mass is 293 g/mol. The molecule has 106 valence electrons. The van der Waals surface area contributed by atoms with Gasteiger partial charge >= 0.3 is 0 Å². The van der Waals surface area contributed by atoms with E-state index in [4.69, 9.17) is 4.74 Å². The van der Waals surface area contributed by atoms with Gasteiger partial charge in [-0.2, -0.15) is 0 Å². The Balaban J connectivity index is 1.82. The van der Waals surface area contributed by atoms with Gasteiger partial charge in [-0.05, 0) is 19.8 Å². The molecule has 20 heavy (non-hydrogen) atoms. The molecule has 1 atom stereocenters. The summed E-state index contributed by atoms with van der Waals surface area (Å²) in [5.74, 6) is -0.391. The highest BCUT2D eigenvalue weighted by molar-refractivity contribution is 7.15. The van der Waals surface area contributed by atoms with Gasteiger partial charge in [-0.15, -0.1) is 11.3 Å². The number of fused-ring (bicyclic) bond motifs is 1. The molecule has 1 unspecified atom stereocenters. The van der Waals surface area contributed by atoms with E-state index >= 15 is 0 Å². The number of aromatic nitrogens is 2. The zero-order valence-electron chi connectivity index (χ0n) is 11.1. The number of hydrogen-bond acceptors (Lipinski definition) is 5. The van der Waals surface area contributed by atoms with Crippen LogP contribution >= 0.6 is 11.3 Å². The zero-order valence-corrected chi connectivity index (χ0v) is 11.9. The smallest absolute Gasteiger partial charge is 0.271 e. The van der Waals surface area contributed by atoms with Crippen molar-refractivity contribution in [3.63, 3.8) is 0 Å². The van der Waals surface area contributed by atoms with Gasteiger partial charge in [-0.3, -0.25) is 14.0 Å². The molecular formula is C13H15N3O3S. The van der Waals surface area contributed by atoms with E-state index in [-0.39, 0.29) is 17.2 Å². The molecule has 1 N–H and O–H groups in total. The molecule has 1 fully saturated rings. The minimum atomic E-state index is -0.391. The lowest BCUT2D eigenvalue weighted by Gasteiger charge is -2.10. The van der Waals surface area contributed by atoms with Crippen LogP contribution in [0.4, 0.5) is 0 Å². The lowest BCUT2D eigenvalue weighted by atomic mass is 10.2. The first-order chi connectivity index (χ1) is 9.66. The van der Waals surface area contributed by atoms with Crippen molar-refractivity contribution in [2.75, 3.05) is 13.2 Å². The van der Waals surface area contributed by atoms with Gasteiger partial charge in [-0.1, -0.05) is 0 Å². The number of aryl methyl sites for hydroxylation is 1. The van der Waals surface area contributed by atoms with Crippen LogP contribution in [-0.4, -0.2) is 34.5 Å². The van der Waals surface area contributed by atoms with E-state index in [0.29, 0.717) is 11.5 Å². The Morgan fingerprint density at radius 2 is 2.50 bits per heavy atom. The number of hydrogen-bond donors (Lipinski definition) is 1. The fraction of sp³-hybridized carbons (Fsp3) is 0.462. The average molecular weight is 293 g/mol.